The summed E-state index contributed by atoms with van der Waals surface area (Å²) in [5, 5.41) is 0.639. The van der Waals surface area contributed by atoms with Crippen molar-refractivity contribution in [3.63, 3.8) is 0 Å². The molecule has 1 aromatic rings. The van der Waals surface area contributed by atoms with E-state index in [1.54, 1.807) is 0 Å². The summed E-state index contributed by atoms with van der Waals surface area (Å²) >= 11 is 11.9. The first-order chi connectivity index (χ1) is 8.65. The molecule has 1 saturated carbocycles. The molecule has 0 atom stereocenters. The summed E-state index contributed by atoms with van der Waals surface area (Å²) in [6.45, 7) is 2.49. The quantitative estimate of drug-likeness (QED) is 0.769. The molecule has 0 radical (unpaired) electrons. The summed E-state index contributed by atoms with van der Waals surface area (Å²) in [4.78, 5) is 14.4. The molecule has 1 aliphatic rings. The highest BCUT2D eigenvalue weighted by molar-refractivity contribution is 6.31. The SMILES string of the molecule is Cc1c(Cl)cccc1C(=O)N(CCCl)C1CCC1. The molecule has 0 spiro atoms. The van der Waals surface area contributed by atoms with E-state index in [-0.39, 0.29) is 5.91 Å². The minimum atomic E-state index is 0.0559. The van der Waals surface area contributed by atoms with Crippen LogP contribution in [-0.2, 0) is 0 Å². The largest absolute Gasteiger partial charge is 0.334 e. The van der Waals surface area contributed by atoms with Crippen molar-refractivity contribution in [1.82, 2.24) is 4.90 Å². The van der Waals surface area contributed by atoms with Crippen molar-refractivity contribution in [2.24, 2.45) is 0 Å². The third kappa shape index (κ3) is 2.65. The highest BCUT2D eigenvalue weighted by Gasteiger charge is 2.29. The monoisotopic (exact) mass is 285 g/mol. The molecule has 1 amide bonds. The Morgan fingerprint density at radius 2 is 2.17 bits per heavy atom. The Morgan fingerprint density at radius 1 is 1.44 bits per heavy atom. The molecule has 0 aromatic heterocycles. The Bertz CT molecular complexity index is 443. The van der Waals surface area contributed by atoms with E-state index in [4.69, 9.17) is 23.2 Å². The molecule has 2 nitrogen and oxygen atoms in total. The first kappa shape index (κ1) is 13.7. The van der Waals surface area contributed by atoms with Gasteiger partial charge in [0.25, 0.3) is 5.91 Å². The van der Waals surface area contributed by atoms with E-state index in [1.165, 1.54) is 6.42 Å². The average molecular weight is 286 g/mol. The van der Waals surface area contributed by atoms with Crippen LogP contribution in [-0.4, -0.2) is 29.3 Å². The molecule has 0 saturated heterocycles. The van der Waals surface area contributed by atoms with Crippen LogP contribution >= 0.6 is 23.2 Å². The van der Waals surface area contributed by atoms with Crippen LogP contribution in [0.5, 0.6) is 0 Å². The Balaban J connectivity index is 2.24. The van der Waals surface area contributed by atoms with Gasteiger partial charge in [0.15, 0.2) is 0 Å². The number of nitrogens with zero attached hydrogens (tertiary/aromatic N) is 1. The molecule has 1 aromatic carbocycles. The third-order valence-corrected chi connectivity index (χ3v) is 4.18. The van der Waals surface area contributed by atoms with E-state index in [0.717, 1.165) is 18.4 Å². The summed E-state index contributed by atoms with van der Waals surface area (Å²) in [7, 11) is 0. The molecule has 18 heavy (non-hydrogen) atoms. The number of hydrogen-bond acceptors (Lipinski definition) is 1. The van der Waals surface area contributed by atoms with Gasteiger partial charge in [-0.25, -0.2) is 0 Å². The van der Waals surface area contributed by atoms with Gasteiger partial charge in [0.1, 0.15) is 0 Å². The van der Waals surface area contributed by atoms with Gasteiger partial charge in [-0.2, -0.15) is 0 Å². The maximum atomic E-state index is 12.6. The second-order valence-electron chi connectivity index (χ2n) is 4.68. The van der Waals surface area contributed by atoms with Gasteiger partial charge in [-0.05, 0) is 43.9 Å². The highest BCUT2D eigenvalue weighted by atomic mass is 35.5. The van der Waals surface area contributed by atoms with E-state index in [2.05, 4.69) is 0 Å². The second-order valence-corrected chi connectivity index (χ2v) is 5.47. The first-order valence-electron chi connectivity index (χ1n) is 6.27. The summed E-state index contributed by atoms with van der Waals surface area (Å²) < 4.78 is 0. The minimum absolute atomic E-state index is 0.0559. The van der Waals surface area contributed by atoms with E-state index in [1.807, 2.05) is 30.0 Å². The molecule has 0 aliphatic heterocycles. The summed E-state index contributed by atoms with van der Waals surface area (Å²) in [5.74, 6) is 0.530. The maximum absolute atomic E-state index is 12.6. The molecule has 0 N–H and O–H groups in total. The lowest BCUT2D eigenvalue weighted by atomic mass is 9.90. The number of amides is 1. The topological polar surface area (TPSA) is 20.3 Å². The number of carbonyl (C=O) groups is 1. The molecule has 0 unspecified atom stereocenters. The fourth-order valence-corrected chi connectivity index (χ4v) is 2.59. The van der Waals surface area contributed by atoms with E-state index >= 15 is 0 Å². The van der Waals surface area contributed by atoms with Crippen LogP contribution in [0, 0.1) is 6.92 Å². The van der Waals surface area contributed by atoms with Crippen molar-refractivity contribution in [3.8, 4) is 0 Å². The second kappa shape index (κ2) is 5.94. The smallest absolute Gasteiger partial charge is 0.254 e. The number of hydrogen-bond donors (Lipinski definition) is 0. The van der Waals surface area contributed by atoms with Gasteiger partial charge in [0, 0.05) is 29.1 Å². The summed E-state index contributed by atoms with van der Waals surface area (Å²) in [6.07, 6.45) is 3.37. The van der Waals surface area contributed by atoms with E-state index in [0.29, 0.717) is 29.1 Å². The number of carbonyl (C=O) groups excluding carboxylic acids is 1. The number of alkyl halides is 1. The van der Waals surface area contributed by atoms with Crippen molar-refractivity contribution in [2.75, 3.05) is 12.4 Å². The van der Waals surface area contributed by atoms with Crippen molar-refractivity contribution >= 4 is 29.1 Å². The van der Waals surface area contributed by atoms with Gasteiger partial charge in [-0.15, -0.1) is 11.6 Å². The lowest BCUT2D eigenvalue weighted by Gasteiger charge is -2.37. The molecule has 2 rings (SSSR count). The molecule has 98 valence electrons. The predicted octanol–water partition coefficient (Wildman–Crippen LogP) is 3.88. The zero-order valence-electron chi connectivity index (χ0n) is 10.5. The Kier molecular flexibility index (Phi) is 4.52. The molecular weight excluding hydrogens is 269 g/mol. The van der Waals surface area contributed by atoms with Gasteiger partial charge in [0.2, 0.25) is 0 Å². The van der Waals surface area contributed by atoms with E-state index in [9.17, 15) is 4.79 Å². The predicted molar refractivity (Wildman–Crippen MR) is 75.6 cm³/mol. The first-order valence-corrected chi connectivity index (χ1v) is 7.18. The molecular formula is C14H17Cl2NO. The van der Waals surface area contributed by atoms with Crippen molar-refractivity contribution < 1.29 is 4.79 Å². The minimum Gasteiger partial charge on any atom is -0.334 e. The van der Waals surface area contributed by atoms with Crippen LogP contribution in [0.4, 0.5) is 0 Å². The standard InChI is InChI=1S/C14H17Cl2NO/c1-10-12(6-3-7-13(10)16)14(18)17(9-8-15)11-4-2-5-11/h3,6-7,11H,2,4-5,8-9H2,1H3. The third-order valence-electron chi connectivity index (χ3n) is 3.60. The van der Waals surface area contributed by atoms with Gasteiger partial charge >= 0.3 is 0 Å². The molecule has 1 fully saturated rings. The van der Waals surface area contributed by atoms with Crippen LogP contribution in [0.3, 0.4) is 0 Å². The number of halogens is 2. The van der Waals surface area contributed by atoms with Crippen LogP contribution in [0.25, 0.3) is 0 Å². The Morgan fingerprint density at radius 3 is 2.72 bits per heavy atom. The van der Waals surface area contributed by atoms with Crippen molar-refractivity contribution in [3.05, 3.63) is 34.3 Å². The van der Waals surface area contributed by atoms with E-state index < -0.39 is 0 Å². The highest BCUT2D eigenvalue weighted by Crippen LogP contribution is 2.28. The number of rotatable bonds is 4. The lowest BCUT2D eigenvalue weighted by Crippen LogP contribution is -2.45. The number of benzene rings is 1. The summed E-state index contributed by atoms with van der Waals surface area (Å²) in [6, 6.07) is 5.82. The summed E-state index contributed by atoms with van der Waals surface area (Å²) in [5.41, 5.74) is 1.54. The average Bonchev–Trinajstić information content (AvgIpc) is 2.29. The van der Waals surface area contributed by atoms with Crippen LogP contribution in [0.15, 0.2) is 18.2 Å². The van der Waals surface area contributed by atoms with Crippen LogP contribution < -0.4 is 0 Å². The maximum Gasteiger partial charge on any atom is 0.254 e. The van der Waals surface area contributed by atoms with Gasteiger partial charge < -0.3 is 4.90 Å². The van der Waals surface area contributed by atoms with Gasteiger partial charge in [0.05, 0.1) is 0 Å². The molecule has 4 heteroatoms. The van der Waals surface area contributed by atoms with Crippen LogP contribution in [0.1, 0.15) is 35.2 Å². The fraction of sp³-hybridized carbons (Fsp3) is 0.500. The molecule has 0 bridgehead atoms. The van der Waals surface area contributed by atoms with Gasteiger partial charge in [-0.1, -0.05) is 17.7 Å². The fourth-order valence-electron chi connectivity index (χ4n) is 2.23. The Hall–Kier alpha value is -0.730. The zero-order chi connectivity index (χ0) is 13.1. The molecule has 1 aliphatic carbocycles. The van der Waals surface area contributed by atoms with Crippen LogP contribution in [0.2, 0.25) is 5.02 Å². The van der Waals surface area contributed by atoms with Gasteiger partial charge in [-0.3, -0.25) is 4.79 Å². The zero-order valence-corrected chi connectivity index (χ0v) is 12.0. The van der Waals surface area contributed by atoms with Crippen molar-refractivity contribution in [1.29, 1.82) is 0 Å². The molecule has 0 heterocycles. The lowest BCUT2D eigenvalue weighted by molar-refractivity contribution is 0.0597. The Labute approximate surface area is 118 Å². The van der Waals surface area contributed by atoms with Crippen molar-refractivity contribution in [2.45, 2.75) is 32.2 Å². The normalized spacial score (nSPS) is 15.3.